The molecule has 0 spiro atoms. The van der Waals surface area contributed by atoms with Gasteiger partial charge in [-0.15, -0.1) is 0 Å². The first kappa shape index (κ1) is 20.2. The van der Waals surface area contributed by atoms with Crippen molar-refractivity contribution in [1.82, 2.24) is 25.1 Å². The second-order valence-electron chi connectivity index (χ2n) is 8.50. The molecule has 31 heavy (non-hydrogen) atoms. The van der Waals surface area contributed by atoms with Crippen LogP contribution in [-0.4, -0.2) is 63.2 Å². The number of morpholine rings is 1. The lowest BCUT2D eigenvalue weighted by Gasteiger charge is -2.38. The molecule has 5 rings (SSSR count). The quantitative estimate of drug-likeness (QED) is 0.631. The van der Waals surface area contributed by atoms with E-state index in [1.54, 1.807) is 18.6 Å². The minimum Gasteiger partial charge on any atom is -0.379 e. The summed E-state index contributed by atoms with van der Waals surface area (Å²) in [5.74, 6) is 0.430. The first-order chi connectivity index (χ1) is 15.3. The number of Topliss-reactive ketones (excluding diaryl/α,β-unsaturated/α-hetero) is 1. The van der Waals surface area contributed by atoms with E-state index in [1.165, 1.54) is 0 Å². The smallest absolute Gasteiger partial charge is 0.141 e. The summed E-state index contributed by atoms with van der Waals surface area (Å²) in [5, 5.41) is 9.61. The molecule has 0 N–H and O–H groups in total. The summed E-state index contributed by atoms with van der Waals surface area (Å²) in [5.41, 5.74) is 3.35. The third-order valence-corrected chi connectivity index (χ3v) is 6.56. The van der Waals surface area contributed by atoms with E-state index in [0.29, 0.717) is 18.2 Å². The molecular weight excluding hydrogens is 390 g/mol. The predicted molar refractivity (Wildman–Crippen MR) is 117 cm³/mol. The van der Waals surface area contributed by atoms with Gasteiger partial charge in [-0.1, -0.05) is 6.07 Å². The fraction of sp³-hybridized carbons (Fsp3) is 0.458. The highest BCUT2D eigenvalue weighted by Gasteiger charge is 2.30. The van der Waals surface area contributed by atoms with Crippen LogP contribution in [0.25, 0.3) is 22.2 Å². The van der Waals surface area contributed by atoms with Gasteiger partial charge in [0, 0.05) is 48.4 Å². The average molecular weight is 418 g/mol. The van der Waals surface area contributed by atoms with Crippen LogP contribution in [0, 0.1) is 5.92 Å². The van der Waals surface area contributed by atoms with E-state index in [4.69, 9.17) is 4.74 Å². The molecule has 1 aromatic carbocycles. The highest BCUT2D eigenvalue weighted by atomic mass is 16.5. The molecule has 0 bridgehead atoms. The number of hydrogen-bond acceptors (Lipinski definition) is 7. The molecule has 2 fully saturated rings. The summed E-state index contributed by atoms with van der Waals surface area (Å²) in [6.45, 7) is 3.70. The van der Waals surface area contributed by atoms with Gasteiger partial charge in [-0.25, -0.2) is 0 Å². The maximum absolute atomic E-state index is 13.0. The maximum Gasteiger partial charge on any atom is 0.141 e. The van der Waals surface area contributed by atoms with Crippen LogP contribution >= 0.6 is 0 Å². The van der Waals surface area contributed by atoms with E-state index in [0.717, 1.165) is 79.8 Å². The van der Waals surface area contributed by atoms with Crippen molar-refractivity contribution in [2.24, 2.45) is 5.92 Å². The number of benzene rings is 1. The van der Waals surface area contributed by atoms with E-state index < -0.39 is 0 Å². The Bertz CT molecular complexity index is 1040. The van der Waals surface area contributed by atoms with Gasteiger partial charge >= 0.3 is 0 Å². The lowest BCUT2D eigenvalue weighted by Crippen LogP contribution is -2.45. The molecule has 7 heteroatoms. The first-order valence-electron chi connectivity index (χ1n) is 11.1. The number of carbonyl (C=O) groups excluding carboxylic acids is 1. The van der Waals surface area contributed by atoms with Gasteiger partial charge in [-0.05, 0) is 43.9 Å². The Morgan fingerprint density at radius 1 is 1.03 bits per heavy atom. The number of aromatic nitrogens is 4. The topological polar surface area (TPSA) is 81.1 Å². The third kappa shape index (κ3) is 4.62. The van der Waals surface area contributed by atoms with E-state index in [-0.39, 0.29) is 5.92 Å². The molecule has 3 aromatic rings. The van der Waals surface area contributed by atoms with Gasteiger partial charge < -0.3 is 4.74 Å². The Morgan fingerprint density at radius 2 is 1.87 bits per heavy atom. The lowest BCUT2D eigenvalue weighted by atomic mass is 9.81. The molecule has 1 aliphatic heterocycles. The number of rotatable bonds is 5. The Balaban J connectivity index is 1.24. The molecule has 0 unspecified atom stereocenters. The van der Waals surface area contributed by atoms with Crippen molar-refractivity contribution >= 4 is 16.7 Å². The van der Waals surface area contributed by atoms with E-state index in [2.05, 4.69) is 25.1 Å². The number of ether oxygens (including phenoxy) is 1. The summed E-state index contributed by atoms with van der Waals surface area (Å²) >= 11 is 0. The molecule has 1 saturated carbocycles. The van der Waals surface area contributed by atoms with Crippen LogP contribution in [0.4, 0.5) is 0 Å². The predicted octanol–water partition coefficient (Wildman–Crippen LogP) is 3.09. The summed E-state index contributed by atoms with van der Waals surface area (Å²) in [6.07, 6.45) is 9.58. The molecule has 2 aliphatic rings. The first-order valence-corrected chi connectivity index (χ1v) is 11.1. The fourth-order valence-electron chi connectivity index (χ4n) is 4.81. The van der Waals surface area contributed by atoms with Crippen LogP contribution in [-0.2, 0) is 16.0 Å². The van der Waals surface area contributed by atoms with Crippen LogP contribution in [0.2, 0.25) is 0 Å². The number of nitrogens with zero attached hydrogens (tertiary/aromatic N) is 5. The summed E-state index contributed by atoms with van der Waals surface area (Å²) < 4.78 is 5.46. The SMILES string of the molecule is O=C(Cc1cc2cc(-c3cnccn3)ccc2nn1)C1CCC(N2CCOCC2)CC1. The minimum absolute atomic E-state index is 0.140. The van der Waals surface area contributed by atoms with Crippen molar-refractivity contribution in [3.63, 3.8) is 0 Å². The molecule has 1 saturated heterocycles. The van der Waals surface area contributed by atoms with Gasteiger partial charge in [0.15, 0.2) is 0 Å². The van der Waals surface area contributed by atoms with Crippen LogP contribution in [0.15, 0.2) is 42.9 Å². The van der Waals surface area contributed by atoms with Gasteiger partial charge in [0.2, 0.25) is 0 Å². The normalized spacial score (nSPS) is 22.5. The number of hydrogen-bond donors (Lipinski definition) is 0. The molecule has 2 aromatic heterocycles. The van der Waals surface area contributed by atoms with Crippen LogP contribution in [0.5, 0.6) is 0 Å². The van der Waals surface area contributed by atoms with E-state index >= 15 is 0 Å². The monoisotopic (exact) mass is 417 g/mol. The van der Waals surface area contributed by atoms with Crippen molar-refractivity contribution in [3.05, 3.63) is 48.5 Å². The van der Waals surface area contributed by atoms with Gasteiger partial charge in [0.25, 0.3) is 0 Å². The maximum atomic E-state index is 13.0. The van der Waals surface area contributed by atoms with Gasteiger partial charge in [-0.3, -0.25) is 19.7 Å². The number of ketones is 1. The Labute approximate surface area is 181 Å². The molecule has 0 radical (unpaired) electrons. The Hall–Kier alpha value is -2.77. The highest BCUT2D eigenvalue weighted by molar-refractivity contribution is 5.86. The van der Waals surface area contributed by atoms with Gasteiger partial charge in [0.05, 0.1) is 42.7 Å². The van der Waals surface area contributed by atoms with Crippen molar-refractivity contribution in [2.45, 2.75) is 38.1 Å². The van der Waals surface area contributed by atoms with Crippen LogP contribution in [0.3, 0.4) is 0 Å². The molecule has 7 nitrogen and oxygen atoms in total. The standard InChI is InChI=1S/C24H27N5O2/c30-24(17-1-4-21(5-2-17)29-9-11-31-12-10-29)15-20-14-19-13-18(3-6-22(19)28-27-20)23-16-25-7-8-26-23/h3,6-8,13-14,16-17,21H,1-2,4-5,9-12,15H2. The molecule has 1 aliphatic carbocycles. The molecule has 160 valence electrons. The largest absolute Gasteiger partial charge is 0.379 e. The van der Waals surface area contributed by atoms with Crippen LogP contribution in [0.1, 0.15) is 31.4 Å². The molecular formula is C24H27N5O2. The second-order valence-corrected chi connectivity index (χ2v) is 8.50. The zero-order valence-electron chi connectivity index (χ0n) is 17.6. The summed E-state index contributed by atoms with van der Waals surface area (Å²) in [6, 6.07) is 8.53. The Morgan fingerprint density at radius 3 is 2.65 bits per heavy atom. The zero-order valence-corrected chi connectivity index (χ0v) is 17.6. The molecule has 0 atom stereocenters. The van der Waals surface area contributed by atoms with E-state index in [1.807, 2.05) is 24.3 Å². The molecule has 0 amide bonds. The fourth-order valence-corrected chi connectivity index (χ4v) is 4.81. The van der Waals surface area contributed by atoms with Gasteiger partial charge in [-0.2, -0.15) is 10.2 Å². The Kier molecular flexibility index (Phi) is 5.95. The number of carbonyl (C=O) groups is 1. The second kappa shape index (κ2) is 9.16. The lowest BCUT2D eigenvalue weighted by molar-refractivity contribution is -0.123. The van der Waals surface area contributed by atoms with Crippen molar-refractivity contribution in [3.8, 4) is 11.3 Å². The number of fused-ring (bicyclic) bond motifs is 1. The van der Waals surface area contributed by atoms with Crippen molar-refractivity contribution in [2.75, 3.05) is 26.3 Å². The minimum atomic E-state index is 0.140. The average Bonchev–Trinajstić information content (AvgIpc) is 2.85. The molecule has 3 heterocycles. The van der Waals surface area contributed by atoms with Gasteiger partial charge in [0.1, 0.15) is 5.78 Å². The summed E-state index contributed by atoms with van der Waals surface area (Å²) in [4.78, 5) is 24.0. The van der Waals surface area contributed by atoms with E-state index in [9.17, 15) is 4.79 Å². The third-order valence-electron chi connectivity index (χ3n) is 6.56. The highest BCUT2D eigenvalue weighted by Crippen LogP contribution is 2.29. The summed E-state index contributed by atoms with van der Waals surface area (Å²) in [7, 11) is 0. The van der Waals surface area contributed by atoms with Crippen LogP contribution < -0.4 is 0 Å². The van der Waals surface area contributed by atoms with Crippen molar-refractivity contribution < 1.29 is 9.53 Å². The van der Waals surface area contributed by atoms with Crippen molar-refractivity contribution in [1.29, 1.82) is 0 Å². The zero-order chi connectivity index (χ0) is 21.0.